The van der Waals surface area contributed by atoms with E-state index in [2.05, 4.69) is 0 Å². The average molecular weight is 249 g/mol. The van der Waals surface area contributed by atoms with Crippen molar-refractivity contribution < 1.29 is 25.9 Å². The Hall–Kier alpha value is 0.400. The smallest absolute Gasteiger partial charge is 0.281 e. The summed E-state index contributed by atoms with van der Waals surface area (Å²) in [6.45, 7) is 0. The highest BCUT2D eigenvalue weighted by atomic mass is 35.5. The maximum atomic E-state index is 9.66. The number of hydrogen-bond donors (Lipinski definition) is 2. The van der Waals surface area contributed by atoms with Crippen LogP contribution in [0.3, 0.4) is 0 Å². The summed E-state index contributed by atoms with van der Waals surface area (Å²) in [4.78, 5) is 0. The third kappa shape index (κ3) is 17.9. The van der Waals surface area contributed by atoms with E-state index in [0.29, 0.717) is 0 Å². The van der Waals surface area contributed by atoms with Gasteiger partial charge >= 0.3 is 0 Å². The lowest BCUT2D eigenvalue weighted by molar-refractivity contribution is 0.471. The Morgan fingerprint density at radius 3 is 1.00 bits per heavy atom. The van der Waals surface area contributed by atoms with Crippen LogP contribution >= 0.6 is 24.8 Å². The number of halogens is 2. The molecule has 6 nitrogen and oxygen atoms in total. The Labute approximate surface area is 76.3 Å². The van der Waals surface area contributed by atoms with Gasteiger partial charge in [0.25, 0.3) is 20.2 Å². The predicted octanol–water partition coefficient (Wildman–Crippen LogP) is -0.437. The van der Waals surface area contributed by atoms with Gasteiger partial charge in [-0.3, -0.25) is 9.11 Å². The third-order valence-electron chi connectivity index (χ3n) is 0.298. The summed E-state index contributed by atoms with van der Waals surface area (Å²) in [5.41, 5.74) is 0. The maximum Gasteiger partial charge on any atom is 0.281 e. The second-order valence-electron chi connectivity index (χ2n) is 1.28. The maximum absolute atomic E-state index is 9.66. The summed E-state index contributed by atoms with van der Waals surface area (Å²) in [5.74, 6) is 0. The molecule has 0 rings (SSSR count). The molecule has 0 unspecified atom stereocenters. The van der Waals surface area contributed by atoms with Gasteiger partial charge in [-0.2, -0.15) is 16.8 Å². The molecule has 0 heterocycles. The molecule has 10 heteroatoms. The van der Waals surface area contributed by atoms with Crippen molar-refractivity contribution in [2.45, 2.75) is 0 Å². The second-order valence-corrected chi connectivity index (χ2v) is 4.55. The van der Waals surface area contributed by atoms with E-state index in [9.17, 15) is 16.8 Å². The lowest BCUT2D eigenvalue weighted by atomic mass is 11.9. The summed E-state index contributed by atoms with van der Waals surface area (Å²) >= 11 is 0. The lowest BCUT2D eigenvalue weighted by Gasteiger charge is -1.89. The molecule has 0 aliphatic carbocycles. The van der Waals surface area contributed by atoms with Crippen molar-refractivity contribution in [3.63, 3.8) is 0 Å². The van der Waals surface area contributed by atoms with E-state index in [-0.39, 0.29) is 24.8 Å². The highest BCUT2D eigenvalue weighted by molar-refractivity contribution is 8.02. The molecule has 0 fully saturated rings. The quantitative estimate of drug-likeness (QED) is 0.642. The van der Waals surface area contributed by atoms with Gasteiger partial charge < -0.3 is 0 Å². The van der Waals surface area contributed by atoms with Gasteiger partial charge in [0.2, 0.25) is 5.08 Å². The minimum atomic E-state index is -4.62. The van der Waals surface area contributed by atoms with Gasteiger partial charge in [-0.15, -0.1) is 24.8 Å². The molecule has 0 aliphatic heterocycles. The Kier molecular flexibility index (Phi) is 8.13. The molecule has 0 saturated heterocycles. The van der Waals surface area contributed by atoms with Crippen molar-refractivity contribution in [1.82, 2.24) is 0 Å². The van der Waals surface area contributed by atoms with Crippen molar-refractivity contribution >= 4 is 45.1 Å². The van der Waals surface area contributed by atoms with Crippen LogP contribution in [0.4, 0.5) is 0 Å². The van der Waals surface area contributed by atoms with Gasteiger partial charge in [-0.1, -0.05) is 0 Å². The lowest BCUT2D eigenvalue weighted by Crippen LogP contribution is -2.13. The summed E-state index contributed by atoms with van der Waals surface area (Å²) < 4.78 is 54.2. The molecule has 0 radical (unpaired) electrons. The molecule has 0 aromatic rings. The zero-order valence-corrected chi connectivity index (χ0v) is 8.13. The molecular formula is CH6Cl2O6S2. The third-order valence-corrected chi connectivity index (χ3v) is 2.68. The number of hydrogen-bond acceptors (Lipinski definition) is 4. The van der Waals surface area contributed by atoms with Gasteiger partial charge in [0.15, 0.2) is 0 Å². The highest BCUT2D eigenvalue weighted by Gasteiger charge is 2.15. The molecular weight excluding hydrogens is 243 g/mol. The predicted molar refractivity (Wildman–Crippen MR) is 42.5 cm³/mol. The zero-order chi connectivity index (χ0) is 7.71. The van der Waals surface area contributed by atoms with Crippen LogP contribution < -0.4 is 0 Å². The van der Waals surface area contributed by atoms with E-state index < -0.39 is 25.3 Å². The molecule has 0 amide bonds. The Balaban J connectivity index is -0.000000320. The molecule has 2 N–H and O–H groups in total. The minimum Gasteiger partial charge on any atom is -0.285 e. The first-order valence-electron chi connectivity index (χ1n) is 1.61. The SMILES string of the molecule is Cl.Cl.O=S(=O)(O)CS(=O)(=O)O. The molecule has 0 bridgehead atoms. The van der Waals surface area contributed by atoms with Gasteiger partial charge in [0, 0.05) is 0 Å². The Morgan fingerprint density at radius 1 is 0.818 bits per heavy atom. The fourth-order valence-corrected chi connectivity index (χ4v) is 1.69. The molecule has 11 heavy (non-hydrogen) atoms. The summed E-state index contributed by atoms with van der Waals surface area (Å²) in [5, 5.41) is -1.65. The van der Waals surface area contributed by atoms with E-state index >= 15 is 0 Å². The van der Waals surface area contributed by atoms with Crippen LogP contribution in [-0.4, -0.2) is 31.0 Å². The van der Waals surface area contributed by atoms with E-state index in [1.807, 2.05) is 0 Å². The summed E-state index contributed by atoms with van der Waals surface area (Å²) in [6.07, 6.45) is 0. The van der Waals surface area contributed by atoms with Crippen LogP contribution in [-0.2, 0) is 20.2 Å². The second kappa shape index (κ2) is 5.12. The average Bonchev–Trinajstić information content (AvgIpc) is 1.14. The van der Waals surface area contributed by atoms with Crippen LogP contribution in [0.2, 0.25) is 0 Å². The monoisotopic (exact) mass is 248 g/mol. The topological polar surface area (TPSA) is 109 Å². The fraction of sp³-hybridized carbons (Fsp3) is 1.00. The Morgan fingerprint density at radius 2 is 1.00 bits per heavy atom. The first kappa shape index (κ1) is 17.5. The fourth-order valence-electron chi connectivity index (χ4n) is 0.188. The van der Waals surface area contributed by atoms with Gasteiger partial charge in [0.1, 0.15) is 0 Å². The number of rotatable bonds is 2. The van der Waals surface area contributed by atoms with Crippen molar-refractivity contribution in [1.29, 1.82) is 0 Å². The van der Waals surface area contributed by atoms with Crippen LogP contribution in [0.1, 0.15) is 0 Å². The molecule has 72 valence electrons. The summed E-state index contributed by atoms with van der Waals surface area (Å²) in [7, 11) is -9.24. The molecule has 0 atom stereocenters. The normalized spacial score (nSPS) is 11.1. The summed E-state index contributed by atoms with van der Waals surface area (Å²) in [6, 6.07) is 0. The Bertz CT molecular complexity index is 244. The van der Waals surface area contributed by atoms with Gasteiger partial charge in [0.05, 0.1) is 0 Å². The largest absolute Gasteiger partial charge is 0.285 e. The molecule has 0 spiro atoms. The molecule has 0 aromatic carbocycles. The van der Waals surface area contributed by atoms with Crippen LogP contribution in [0.15, 0.2) is 0 Å². The van der Waals surface area contributed by atoms with Crippen LogP contribution in [0.5, 0.6) is 0 Å². The van der Waals surface area contributed by atoms with Crippen molar-refractivity contribution in [2.75, 3.05) is 5.08 Å². The van der Waals surface area contributed by atoms with E-state index in [1.165, 1.54) is 0 Å². The van der Waals surface area contributed by atoms with E-state index in [4.69, 9.17) is 9.11 Å². The van der Waals surface area contributed by atoms with Crippen LogP contribution in [0.25, 0.3) is 0 Å². The first-order chi connectivity index (χ1) is 3.71. The van der Waals surface area contributed by atoms with Crippen molar-refractivity contribution in [3.8, 4) is 0 Å². The van der Waals surface area contributed by atoms with Crippen molar-refractivity contribution in [2.24, 2.45) is 0 Å². The van der Waals surface area contributed by atoms with E-state index in [0.717, 1.165) is 0 Å². The van der Waals surface area contributed by atoms with Crippen molar-refractivity contribution in [3.05, 3.63) is 0 Å². The van der Waals surface area contributed by atoms with Gasteiger partial charge in [-0.05, 0) is 0 Å². The van der Waals surface area contributed by atoms with E-state index in [1.54, 1.807) is 0 Å². The molecule has 0 aliphatic rings. The first-order valence-corrected chi connectivity index (χ1v) is 4.83. The standard InChI is InChI=1S/CH4O6S2.2ClH/c2-8(3,4)1-9(5,6)7;;/h1H2,(H,2,3,4)(H,5,6,7);2*1H. The van der Waals surface area contributed by atoms with Crippen LogP contribution in [0, 0.1) is 0 Å². The minimum absolute atomic E-state index is 0. The zero-order valence-electron chi connectivity index (χ0n) is 4.87. The molecule has 0 aromatic heterocycles. The molecule has 0 saturated carbocycles. The highest BCUT2D eigenvalue weighted by Crippen LogP contribution is 1.88. The van der Waals surface area contributed by atoms with Gasteiger partial charge in [-0.25, -0.2) is 0 Å².